The van der Waals surface area contributed by atoms with E-state index >= 15 is 0 Å². The molecule has 0 unspecified atom stereocenters. The van der Waals surface area contributed by atoms with Crippen LogP contribution in [0.1, 0.15) is 72.1 Å². The normalized spacial score (nSPS) is 24.4. The Labute approximate surface area is 258 Å². The highest BCUT2D eigenvalue weighted by molar-refractivity contribution is 6.51. The molecule has 234 valence electrons. The zero-order valence-corrected chi connectivity index (χ0v) is 26.3. The average molecular weight is 628 g/mol. The van der Waals surface area contributed by atoms with Crippen LogP contribution in [-0.2, 0) is 23.9 Å². The second-order valence-electron chi connectivity index (χ2n) is 12.4. The summed E-state index contributed by atoms with van der Waals surface area (Å²) in [6.07, 6.45) is 7.88. The van der Waals surface area contributed by atoms with Gasteiger partial charge in [0.15, 0.2) is 0 Å². The number of ketones is 1. The number of halogens is 2. The van der Waals surface area contributed by atoms with Crippen molar-refractivity contribution in [3.63, 3.8) is 0 Å². The summed E-state index contributed by atoms with van der Waals surface area (Å²) in [5, 5.41) is 8.01. The molecule has 12 heteroatoms. The molecule has 5 atom stereocenters. The molecule has 3 aliphatic rings. The summed E-state index contributed by atoms with van der Waals surface area (Å²) in [6.45, 7) is 12.8. The summed E-state index contributed by atoms with van der Waals surface area (Å²) in [5.74, 6) is -3.70. The molecule has 1 heterocycles. The van der Waals surface area contributed by atoms with Crippen LogP contribution in [0.15, 0.2) is 25.3 Å². The first-order valence-corrected chi connectivity index (χ1v) is 15.5. The number of ether oxygens (including phenoxy) is 1. The van der Waals surface area contributed by atoms with Gasteiger partial charge < -0.3 is 25.6 Å². The first-order chi connectivity index (χ1) is 19.7. The van der Waals surface area contributed by atoms with Crippen LogP contribution >= 0.6 is 23.2 Å². The van der Waals surface area contributed by atoms with Gasteiger partial charge in [0.2, 0.25) is 17.6 Å². The molecule has 4 amide bonds. The van der Waals surface area contributed by atoms with E-state index < -0.39 is 63.6 Å². The van der Waals surface area contributed by atoms with Gasteiger partial charge in [0, 0.05) is 24.9 Å². The standard InChI is InChI=1S/C30H44Cl2N4O6/c1-6-8-15-20(24(37)26(39)33-16-9-7-2)34-25(38)23-21-19(30(21,31)32)17-36(23)27(40)22(18-13-11-10-12-14-18)35-28(41)42-29(3,4)5/h6-7,18-23H,1-2,8-17H2,3-5H3,(H,33,39)(H,34,38)(H,35,41)/t19-,20-,21-,22-,23-/m0/s1. The van der Waals surface area contributed by atoms with Crippen molar-refractivity contribution in [2.24, 2.45) is 17.8 Å². The van der Waals surface area contributed by atoms with Crippen LogP contribution in [0.2, 0.25) is 0 Å². The number of carbonyl (C=O) groups excluding carboxylic acids is 5. The number of hydrogen-bond acceptors (Lipinski definition) is 6. The van der Waals surface area contributed by atoms with E-state index in [1.807, 2.05) is 0 Å². The quantitative estimate of drug-likeness (QED) is 0.123. The molecule has 0 bridgehead atoms. The first-order valence-electron chi connectivity index (χ1n) is 14.7. The summed E-state index contributed by atoms with van der Waals surface area (Å²) in [6, 6.07) is -3.11. The summed E-state index contributed by atoms with van der Waals surface area (Å²) < 4.78 is 4.24. The maximum Gasteiger partial charge on any atom is 0.408 e. The van der Waals surface area contributed by atoms with Gasteiger partial charge >= 0.3 is 6.09 Å². The fourth-order valence-corrected chi connectivity index (χ4v) is 6.77. The summed E-state index contributed by atoms with van der Waals surface area (Å²) in [5.41, 5.74) is -0.760. The molecule has 3 N–H and O–H groups in total. The van der Waals surface area contributed by atoms with E-state index in [1.165, 1.54) is 4.90 Å². The second-order valence-corrected chi connectivity index (χ2v) is 13.8. The van der Waals surface area contributed by atoms with E-state index in [0.717, 1.165) is 32.1 Å². The Morgan fingerprint density at radius 3 is 2.26 bits per heavy atom. The predicted octanol–water partition coefficient (Wildman–Crippen LogP) is 3.80. The van der Waals surface area contributed by atoms with Crippen molar-refractivity contribution in [2.75, 3.05) is 13.1 Å². The number of carbonyl (C=O) groups is 5. The van der Waals surface area contributed by atoms with Crippen LogP contribution < -0.4 is 16.0 Å². The van der Waals surface area contributed by atoms with E-state index in [1.54, 1.807) is 32.9 Å². The Morgan fingerprint density at radius 2 is 1.67 bits per heavy atom. The first kappa shape index (κ1) is 33.9. The van der Waals surface area contributed by atoms with E-state index in [9.17, 15) is 24.0 Å². The van der Waals surface area contributed by atoms with Crippen molar-refractivity contribution < 1.29 is 28.7 Å². The fourth-order valence-electron chi connectivity index (χ4n) is 5.94. The number of alkyl carbamates (subject to hydrolysis) is 1. The molecule has 0 spiro atoms. The largest absolute Gasteiger partial charge is 0.444 e. The number of Topliss-reactive ketones (excluding diaryl/α,β-unsaturated/α-hetero) is 1. The third kappa shape index (κ3) is 8.28. The molecule has 2 aliphatic carbocycles. The second kappa shape index (κ2) is 14.3. The summed E-state index contributed by atoms with van der Waals surface area (Å²) >= 11 is 13.0. The van der Waals surface area contributed by atoms with E-state index in [2.05, 4.69) is 29.1 Å². The minimum Gasteiger partial charge on any atom is -0.444 e. The number of alkyl halides is 2. The molecule has 42 heavy (non-hydrogen) atoms. The molecule has 3 rings (SSSR count). The van der Waals surface area contributed by atoms with Gasteiger partial charge in [0.25, 0.3) is 5.91 Å². The highest BCUT2D eigenvalue weighted by atomic mass is 35.5. The number of allylic oxidation sites excluding steroid dienone is 1. The third-order valence-electron chi connectivity index (χ3n) is 8.09. The van der Waals surface area contributed by atoms with Crippen molar-refractivity contribution in [3.8, 4) is 0 Å². The molecule has 0 aromatic heterocycles. The van der Waals surface area contributed by atoms with Crippen LogP contribution in [0.4, 0.5) is 4.79 Å². The minimum atomic E-state index is -1.21. The molecule has 0 aromatic carbocycles. The van der Waals surface area contributed by atoms with Gasteiger partial charge in [-0.3, -0.25) is 19.2 Å². The van der Waals surface area contributed by atoms with Gasteiger partial charge in [-0.2, -0.15) is 0 Å². The zero-order valence-electron chi connectivity index (χ0n) is 24.8. The minimum absolute atomic E-state index is 0.126. The van der Waals surface area contributed by atoms with Gasteiger partial charge in [-0.15, -0.1) is 36.4 Å². The Balaban J connectivity index is 1.83. The fraction of sp³-hybridized carbons (Fsp3) is 0.700. The number of piperidine rings is 1. The van der Waals surface area contributed by atoms with Crippen LogP contribution in [0.5, 0.6) is 0 Å². The SMILES string of the molecule is C=CCCNC(=O)C(=O)[C@H](CCC=C)NC(=O)[C@@H]1[C@@H]2[C@H](CN1C(=O)[C@@H](NC(=O)OC(C)(C)C)C1CCCCC1)C2(Cl)Cl. The number of likely N-dealkylation sites (tertiary alicyclic amines) is 1. The maximum atomic E-state index is 14.1. The molecule has 2 saturated carbocycles. The number of amides is 4. The molecule has 1 aliphatic heterocycles. The van der Waals surface area contributed by atoms with Crippen molar-refractivity contribution >= 4 is 52.8 Å². The highest BCUT2D eigenvalue weighted by Gasteiger charge is 2.74. The number of nitrogens with one attached hydrogen (secondary N) is 3. The number of nitrogens with zero attached hydrogens (tertiary/aromatic N) is 1. The monoisotopic (exact) mass is 626 g/mol. The van der Waals surface area contributed by atoms with Gasteiger partial charge in [-0.25, -0.2) is 4.79 Å². The summed E-state index contributed by atoms with van der Waals surface area (Å²) in [7, 11) is 0. The zero-order chi connectivity index (χ0) is 31.2. The number of fused-ring (bicyclic) bond motifs is 1. The molecule has 0 radical (unpaired) electrons. The lowest BCUT2D eigenvalue weighted by Gasteiger charge is -2.36. The lowest BCUT2D eigenvalue weighted by Crippen LogP contribution is -2.60. The topological polar surface area (TPSA) is 134 Å². The Hall–Kier alpha value is -2.59. The molecular formula is C30H44Cl2N4O6. The number of hydrogen-bond donors (Lipinski definition) is 3. The molecular weight excluding hydrogens is 583 g/mol. The van der Waals surface area contributed by atoms with Crippen LogP contribution in [0.3, 0.4) is 0 Å². The predicted molar refractivity (Wildman–Crippen MR) is 161 cm³/mol. The smallest absolute Gasteiger partial charge is 0.408 e. The van der Waals surface area contributed by atoms with Gasteiger partial charge in [0.1, 0.15) is 22.0 Å². The van der Waals surface area contributed by atoms with Crippen molar-refractivity contribution in [2.45, 2.75) is 100 Å². The Bertz CT molecular complexity index is 1070. The molecule has 1 saturated heterocycles. The summed E-state index contributed by atoms with van der Waals surface area (Å²) in [4.78, 5) is 67.6. The van der Waals surface area contributed by atoms with Crippen LogP contribution in [-0.4, -0.2) is 75.6 Å². The Kier molecular flexibility index (Phi) is 11.5. The van der Waals surface area contributed by atoms with Crippen molar-refractivity contribution in [1.82, 2.24) is 20.9 Å². The van der Waals surface area contributed by atoms with E-state index in [-0.39, 0.29) is 31.3 Å². The van der Waals surface area contributed by atoms with E-state index in [0.29, 0.717) is 12.8 Å². The molecule has 10 nitrogen and oxygen atoms in total. The van der Waals surface area contributed by atoms with Gasteiger partial charge in [0.05, 0.1) is 6.04 Å². The third-order valence-corrected chi connectivity index (χ3v) is 9.16. The molecule has 0 aromatic rings. The number of rotatable bonds is 13. The van der Waals surface area contributed by atoms with Crippen molar-refractivity contribution in [3.05, 3.63) is 25.3 Å². The van der Waals surface area contributed by atoms with Crippen LogP contribution in [0, 0.1) is 17.8 Å². The van der Waals surface area contributed by atoms with E-state index in [4.69, 9.17) is 27.9 Å². The average Bonchev–Trinajstić information content (AvgIpc) is 3.24. The highest BCUT2D eigenvalue weighted by Crippen LogP contribution is 2.65. The maximum absolute atomic E-state index is 14.1. The van der Waals surface area contributed by atoms with Crippen LogP contribution in [0.25, 0.3) is 0 Å². The van der Waals surface area contributed by atoms with Crippen molar-refractivity contribution in [1.29, 1.82) is 0 Å². The lowest BCUT2D eigenvalue weighted by atomic mass is 9.83. The lowest BCUT2D eigenvalue weighted by molar-refractivity contribution is -0.144. The molecule has 3 fully saturated rings. The van der Waals surface area contributed by atoms with Gasteiger partial charge in [-0.1, -0.05) is 31.4 Å². The van der Waals surface area contributed by atoms with Gasteiger partial charge in [-0.05, 0) is 58.8 Å². The Morgan fingerprint density at radius 1 is 1.02 bits per heavy atom.